The van der Waals surface area contributed by atoms with Crippen molar-refractivity contribution in [1.82, 2.24) is 4.90 Å². The standard InChI is InChI=1S/C17H26ClNO2/c1-19(2)17(10-6-4-5-7-11-17)16(20)13-8-9-14(18)15(12-13)21-3/h8-9,12,16,20H,4-7,10-11H2,1-3H3. The first-order valence-corrected chi connectivity index (χ1v) is 8.08. The summed E-state index contributed by atoms with van der Waals surface area (Å²) < 4.78 is 5.28. The van der Waals surface area contributed by atoms with Crippen LogP contribution in [0.3, 0.4) is 0 Å². The van der Waals surface area contributed by atoms with Crippen molar-refractivity contribution in [2.24, 2.45) is 0 Å². The predicted molar refractivity (Wildman–Crippen MR) is 87.1 cm³/mol. The molecule has 2 rings (SSSR count). The van der Waals surface area contributed by atoms with Gasteiger partial charge in [0.25, 0.3) is 0 Å². The van der Waals surface area contributed by atoms with Gasteiger partial charge in [0.1, 0.15) is 5.75 Å². The molecule has 21 heavy (non-hydrogen) atoms. The molecule has 0 spiro atoms. The Morgan fingerprint density at radius 1 is 1.19 bits per heavy atom. The van der Waals surface area contributed by atoms with Crippen molar-refractivity contribution in [2.45, 2.75) is 50.2 Å². The lowest BCUT2D eigenvalue weighted by molar-refractivity contribution is -0.0199. The number of methoxy groups -OCH3 is 1. The summed E-state index contributed by atoms with van der Waals surface area (Å²) >= 11 is 6.09. The Bertz CT molecular complexity index is 468. The van der Waals surface area contributed by atoms with E-state index < -0.39 is 6.10 Å². The Hall–Kier alpha value is -0.770. The number of benzene rings is 1. The molecule has 1 aromatic carbocycles. The third kappa shape index (κ3) is 3.36. The van der Waals surface area contributed by atoms with Crippen molar-refractivity contribution in [3.63, 3.8) is 0 Å². The van der Waals surface area contributed by atoms with Gasteiger partial charge in [0.2, 0.25) is 0 Å². The van der Waals surface area contributed by atoms with Crippen molar-refractivity contribution in [3.05, 3.63) is 28.8 Å². The molecule has 0 heterocycles. The number of likely N-dealkylation sites (N-methyl/N-ethyl adjacent to an activating group) is 1. The molecule has 1 unspecified atom stereocenters. The van der Waals surface area contributed by atoms with E-state index in [4.69, 9.17) is 16.3 Å². The zero-order chi connectivity index (χ0) is 15.5. The Morgan fingerprint density at radius 2 is 1.81 bits per heavy atom. The third-order valence-corrected chi connectivity index (χ3v) is 5.17. The third-order valence-electron chi connectivity index (χ3n) is 4.86. The van der Waals surface area contributed by atoms with Crippen molar-refractivity contribution in [3.8, 4) is 5.75 Å². The predicted octanol–water partition coefficient (Wildman–Crippen LogP) is 4.04. The first-order valence-electron chi connectivity index (χ1n) is 7.70. The average molecular weight is 312 g/mol. The van der Waals surface area contributed by atoms with E-state index in [0.29, 0.717) is 10.8 Å². The molecule has 0 amide bonds. The average Bonchev–Trinajstić information content (AvgIpc) is 2.73. The van der Waals surface area contributed by atoms with Crippen LogP contribution >= 0.6 is 11.6 Å². The summed E-state index contributed by atoms with van der Waals surface area (Å²) in [4.78, 5) is 2.20. The molecule has 1 atom stereocenters. The van der Waals surface area contributed by atoms with Crippen LogP contribution in [0.1, 0.15) is 50.2 Å². The highest BCUT2D eigenvalue weighted by Gasteiger charge is 2.41. The maximum atomic E-state index is 11.1. The fourth-order valence-corrected chi connectivity index (χ4v) is 3.66. The summed E-state index contributed by atoms with van der Waals surface area (Å²) in [6.07, 6.45) is 6.35. The van der Waals surface area contributed by atoms with E-state index in [1.165, 1.54) is 25.7 Å². The lowest BCUT2D eigenvalue weighted by Crippen LogP contribution is -2.49. The smallest absolute Gasteiger partial charge is 0.137 e. The molecule has 0 aromatic heterocycles. The van der Waals surface area contributed by atoms with E-state index in [-0.39, 0.29) is 5.54 Å². The Morgan fingerprint density at radius 3 is 2.33 bits per heavy atom. The quantitative estimate of drug-likeness (QED) is 0.852. The maximum absolute atomic E-state index is 11.1. The van der Waals surface area contributed by atoms with Crippen LogP contribution < -0.4 is 4.74 Å². The largest absolute Gasteiger partial charge is 0.495 e. The van der Waals surface area contributed by atoms with Gasteiger partial charge < -0.3 is 14.7 Å². The number of aliphatic hydroxyl groups is 1. The molecule has 118 valence electrons. The van der Waals surface area contributed by atoms with Gasteiger partial charge in [0.15, 0.2) is 0 Å². The monoisotopic (exact) mass is 311 g/mol. The van der Waals surface area contributed by atoms with Crippen LogP contribution in [0.4, 0.5) is 0 Å². The van der Waals surface area contributed by atoms with Crippen molar-refractivity contribution >= 4 is 11.6 Å². The first kappa shape index (κ1) is 16.6. The highest BCUT2D eigenvalue weighted by Crippen LogP contribution is 2.42. The highest BCUT2D eigenvalue weighted by molar-refractivity contribution is 6.32. The van der Waals surface area contributed by atoms with E-state index in [0.717, 1.165) is 18.4 Å². The normalized spacial score (nSPS) is 20.1. The molecule has 0 saturated heterocycles. The number of rotatable bonds is 4. The Balaban J connectivity index is 2.35. The van der Waals surface area contributed by atoms with E-state index in [1.807, 2.05) is 12.1 Å². The topological polar surface area (TPSA) is 32.7 Å². The number of aliphatic hydroxyl groups excluding tert-OH is 1. The summed E-state index contributed by atoms with van der Waals surface area (Å²) in [5.41, 5.74) is 0.682. The zero-order valence-corrected chi connectivity index (χ0v) is 14.0. The van der Waals surface area contributed by atoms with Crippen LogP contribution in [0, 0.1) is 0 Å². The van der Waals surface area contributed by atoms with Gasteiger partial charge in [0.05, 0.1) is 23.8 Å². The summed E-state index contributed by atoms with van der Waals surface area (Å²) in [7, 11) is 5.74. The second-order valence-electron chi connectivity index (χ2n) is 6.21. The van der Waals surface area contributed by atoms with Gasteiger partial charge in [-0.25, -0.2) is 0 Å². The Labute approximate surface area is 132 Å². The van der Waals surface area contributed by atoms with Crippen LogP contribution in [0.5, 0.6) is 5.75 Å². The summed E-state index contributed by atoms with van der Waals surface area (Å²) in [5, 5.41) is 11.6. The number of halogens is 1. The van der Waals surface area contributed by atoms with Crippen LogP contribution in [0.25, 0.3) is 0 Å². The number of hydrogen-bond acceptors (Lipinski definition) is 3. The molecule has 1 aromatic rings. The van der Waals surface area contributed by atoms with Gasteiger partial charge in [-0.05, 0) is 44.6 Å². The van der Waals surface area contributed by atoms with Gasteiger partial charge in [-0.15, -0.1) is 0 Å². The second kappa shape index (κ2) is 6.99. The molecule has 0 bridgehead atoms. The molecule has 0 radical (unpaired) electrons. The minimum absolute atomic E-state index is 0.199. The minimum Gasteiger partial charge on any atom is -0.495 e. The fourth-order valence-electron chi connectivity index (χ4n) is 3.46. The molecule has 3 nitrogen and oxygen atoms in total. The van der Waals surface area contributed by atoms with Gasteiger partial charge in [-0.2, -0.15) is 0 Å². The molecule has 1 aliphatic carbocycles. The SMILES string of the molecule is COc1cc(C(O)C2(N(C)C)CCCCCC2)ccc1Cl. The van der Waals surface area contributed by atoms with E-state index in [2.05, 4.69) is 19.0 Å². The van der Waals surface area contributed by atoms with E-state index in [1.54, 1.807) is 13.2 Å². The van der Waals surface area contributed by atoms with Gasteiger partial charge in [0, 0.05) is 0 Å². The molecule has 1 N–H and O–H groups in total. The minimum atomic E-state index is -0.531. The van der Waals surface area contributed by atoms with E-state index in [9.17, 15) is 5.11 Å². The van der Waals surface area contributed by atoms with Crippen LogP contribution in [0.15, 0.2) is 18.2 Å². The van der Waals surface area contributed by atoms with Crippen molar-refractivity contribution in [2.75, 3.05) is 21.2 Å². The van der Waals surface area contributed by atoms with Gasteiger partial charge in [-0.1, -0.05) is 43.4 Å². The van der Waals surface area contributed by atoms with Gasteiger partial charge in [-0.3, -0.25) is 0 Å². The van der Waals surface area contributed by atoms with Crippen molar-refractivity contribution < 1.29 is 9.84 Å². The zero-order valence-electron chi connectivity index (χ0n) is 13.2. The molecule has 0 aliphatic heterocycles. The maximum Gasteiger partial charge on any atom is 0.137 e. The summed E-state index contributed by atoms with van der Waals surface area (Å²) in [5.74, 6) is 0.621. The number of ether oxygens (including phenoxy) is 1. The lowest BCUT2D eigenvalue weighted by atomic mass is 9.80. The highest BCUT2D eigenvalue weighted by atomic mass is 35.5. The molecule has 1 aliphatic rings. The molecule has 1 fully saturated rings. The summed E-state index contributed by atoms with van der Waals surface area (Å²) in [6, 6.07) is 5.58. The molecule has 1 saturated carbocycles. The molecular weight excluding hydrogens is 286 g/mol. The fraction of sp³-hybridized carbons (Fsp3) is 0.647. The first-order chi connectivity index (χ1) is 10.0. The molecule has 4 heteroatoms. The van der Waals surface area contributed by atoms with Crippen molar-refractivity contribution in [1.29, 1.82) is 0 Å². The summed E-state index contributed by atoms with van der Waals surface area (Å²) in [6.45, 7) is 0. The Kier molecular flexibility index (Phi) is 5.53. The van der Waals surface area contributed by atoms with E-state index >= 15 is 0 Å². The van der Waals surface area contributed by atoms with Crippen LogP contribution in [0.2, 0.25) is 5.02 Å². The number of nitrogens with zero attached hydrogens (tertiary/aromatic N) is 1. The second-order valence-corrected chi connectivity index (χ2v) is 6.62. The van der Waals surface area contributed by atoms with Crippen LogP contribution in [-0.2, 0) is 0 Å². The van der Waals surface area contributed by atoms with Gasteiger partial charge >= 0.3 is 0 Å². The lowest BCUT2D eigenvalue weighted by Gasteiger charge is -2.43. The number of hydrogen-bond donors (Lipinski definition) is 1. The molecular formula is C17H26ClNO2. The van der Waals surface area contributed by atoms with Crippen LogP contribution in [-0.4, -0.2) is 36.8 Å².